The lowest BCUT2D eigenvalue weighted by Gasteiger charge is -2.43. The highest BCUT2D eigenvalue weighted by Gasteiger charge is 2.40. The molecule has 2 atom stereocenters. The van der Waals surface area contributed by atoms with Crippen molar-refractivity contribution >= 4 is 23.6 Å². The smallest absolute Gasteiger partial charge is 0.269 e. The first-order valence-corrected chi connectivity index (χ1v) is 15.3. The molecule has 0 saturated carbocycles. The molecule has 1 saturated heterocycles. The van der Waals surface area contributed by atoms with E-state index in [4.69, 9.17) is 0 Å². The van der Waals surface area contributed by atoms with Crippen LogP contribution in [-0.2, 0) is 15.0 Å². The van der Waals surface area contributed by atoms with Crippen molar-refractivity contribution in [2.75, 3.05) is 26.2 Å². The number of carbonyl (C=O) groups is 2. The molecule has 8 heteroatoms. The Morgan fingerprint density at radius 2 is 1.55 bits per heavy atom. The molecule has 0 radical (unpaired) electrons. The number of ketones is 1. The number of carbonyl (C=O) groups excluding carboxylic acids is 2. The number of hydrogen-bond acceptors (Lipinski definition) is 6. The van der Waals surface area contributed by atoms with E-state index in [0.717, 1.165) is 50.9 Å². The van der Waals surface area contributed by atoms with E-state index in [1.54, 1.807) is 17.0 Å². The molecule has 228 valence electrons. The van der Waals surface area contributed by atoms with Crippen LogP contribution >= 0.6 is 0 Å². The number of piperidine rings is 1. The Hall–Kier alpha value is -4.43. The van der Waals surface area contributed by atoms with Gasteiger partial charge in [-0.2, -0.15) is 0 Å². The number of aliphatic imine (C=N–C) groups is 1. The summed E-state index contributed by atoms with van der Waals surface area (Å²) >= 11 is 0. The number of nitro benzene ring substituents is 1. The molecule has 2 aliphatic heterocycles. The summed E-state index contributed by atoms with van der Waals surface area (Å²) in [5.41, 5.74) is 5.47. The number of hydrogen-bond donors (Lipinski definition) is 0. The molecule has 0 N–H and O–H groups in total. The number of allylic oxidation sites excluding steroid dienone is 2. The molecule has 0 bridgehead atoms. The van der Waals surface area contributed by atoms with Gasteiger partial charge in [0.1, 0.15) is 5.78 Å². The van der Waals surface area contributed by atoms with Crippen LogP contribution in [0.1, 0.15) is 62.6 Å². The van der Waals surface area contributed by atoms with Crippen molar-refractivity contribution in [3.8, 4) is 0 Å². The quantitative estimate of drug-likeness (QED) is 0.144. The molecular weight excluding hydrogens is 552 g/mol. The maximum Gasteiger partial charge on any atom is 0.269 e. The normalized spacial score (nSPS) is 20.1. The largest absolute Gasteiger partial charge is 0.316 e. The zero-order valence-electron chi connectivity index (χ0n) is 25.7. The second-order valence-corrected chi connectivity index (χ2v) is 11.9. The average Bonchev–Trinajstić information content (AvgIpc) is 3.04. The van der Waals surface area contributed by atoms with Crippen molar-refractivity contribution in [1.29, 1.82) is 0 Å². The third-order valence-corrected chi connectivity index (χ3v) is 9.37. The molecule has 1 fully saturated rings. The third-order valence-electron chi connectivity index (χ3n) is 9.37. The standard InChI is InChI=1S/C36H40N4O4/c1-26-33(28(3)42)34(29-15-17-32(18-16-29)40(43)44)35(27(2)37-26)39(25-41)22-10-21-38-23-19-36(20-24-38,30-11-6-4-7-12-30)31-13-8-5-9-14-31/h4-9,11-18,25,33-34H,10,19-24H2,1-3H3. The molecule has 0 aliphatic carbocycles. The van der Waals surface area contributed by atoms with E-state index in [2.05, 4.69) is 70.6 Å². The van der Waals surface area contributed by atoms with E-state index in [0.29, 0.717) is 23.7 Å². The van der Waals surface area contributed by atoms with E-state index in [9.17, 15) is 19.7 Å². The Balaban J connectivity index is 1.31. The summed E-state index contributed by atoms with van der Waals surface area (Å²) in [4.78, 5) is 45.1. The summed E-state index contributed by atoms with van der Waals surface area (Å²) in [5.74, 6) is -1.06. The van der Waals surface area contributed by atoms with E-state index < -0.39 is 16.8 Å². The Morgan fingerprint density at radius 3 is 2.05 bits per heavy atom. The minimum Gasteiger partial charge on any atom is -0.316 e. The summed E-state index contributed by atoms with van der Waals surface area (Å²) in [6.45, 7) is 8.46. The molecule has 0 aromatic heterocycles. The van der Waals surface area contributed by atoms with Crippen LogP contribution < -0.4 is 0 Å². The maximum absolute atomic E-state index is 12.9. The number of amides is 1. The van der Waals surface area contributed by atoms with Gasteiger partial charge in [0.05, 0.1) is 22.2 Å². The van der Waals surface area contributed by atoms with Gasteiger partial charge in [-0.1, -0.05) is 72.8 Å². The number of nitro groups is 1. The first kappa shape index (κ1) is 31.0. The third kappa shape index (κ3) is 6.26. The highest BCUT2D eigenvalue weighted by Crippen LogP contribution is 2.43. The van der Waals surface area contributed by atoms with Gasteiger partial charge in [-0.15, -0.1) is 0 Å². The van der Waals surface area contributed by atoms with Gasteiger partial charge in [0.15, 0.2) is 0 Å². The maximum atomic E-state index is 12.9. The number of Topliss-reactive ketones (excluding diaryl/α,β-unsaturated/α-hetero) is 1. The Morgan fingerprint density at radius 1 is 0.977 bits per heavy atom. The molecule has 44 heavy (non-hydrogen) atoms. The number of rotatable bonds is 11. The summed E-state index contributed by atoms with van der Waals surface area (Å²) in [7, 11) is 0. The SMILES string of the molecule is CC(=O)C1C(C)=NC(C)=C(N(C=O)CCCN2CCC(c3ccccc3)(c3ccccc3)CC2)C1c1ccc([N+](=O)[O-])cc1. The fraction of sp³-hybridized carbons (Fsp3) is 0.361. The highest BCUT2D eigenvalue weighted by molar-refractivity contribution is 6.05. The Bertz CT molecular complexity index is 1500. The highest BCUT2D eigenvalue weighted by atomic mass is 16.6. The first-order valence-electron chi connectivity index (χ1n) is 15.3. The lowest BCUT2D eigenvalue weighted by Crippen LogP contribution is -2.44. The minimum atomic E-state index is -0.552. The fourth-order valence-corrected chi connectivity index (χ4v) is 7.20. The minimum absolute atomic E-state index is 0.0195. The second kappa shape index (κ2) is 13.5. The van der Waals surface area contributed by atoms with Gasteiger partial charge < -0.3 is 9.80 Å². The lowest BCUT2D eigenvalue weighted by atomic mass is 9.68. The van der Waals surface area contributed by atoms with Gasteiger partial charge >= 0.3 is 0 Å². The van der Waals surface area contributed by atoms with Gasteiger partial charge in [-0.25, -0.2) is 0 Å². The predicted octanol–water partition coefficient (Wildman–Crippen LogP) is 6.52. The molecule has 2 aliphatic rings. The van der Waals surface area contributed by atoms with Crippen LogP contribution in [0.4, 0.5) is 5.69 Å². The monoisotopic (exact) mass is 592 g/mol. The number of nitrogens with zero attached hydrogens (tertiary/aromatic N) is 4. The molecule has 1 amide bonds. The topological polar surface area (TPSA) is 96.1 Å². The molecule has 2 heterocycles. The van der Waals surface area contributed by atoms with Crippen molar-refractivity contribution < 1.29 is 14.5 Å². The van der Waals surface area contributed by atoms with E-state index in [1.165, 1.54) is 30.2 Å². The van der Waals surface area contributed by atoms with Gasteiger partial charge in [0, 0.05) is 35.7 Å². The predicted molar refractivity (Wildman–Crippen MR) is 173 cm³/mol. The molecule has 3 aromatic carbocycles. The van der Waals surface area contributed by atoms with Crippen LogP contribution in [0, 0.1) is 16.0 Å². The summed E-state index contributed by atoms with van der Waals surface area (Å²) < 4.78 is 0. The first-order chi connectivity index (χ1) is 21.2. The lowest BCUT2D eigenvalue weighted by molar-refractivity contribution is -0.384. The molecular formula is C36H40N4O4. The molecule has 0 spiro atoms. The average molecular weight is 593 g/mol. The van der Waals surface area contributed by atoms with Crippen LogP contribution in [0.15, 0.2) is 101 Å². The summed E-state index contributed by atoms with van der Waals surface area (Å²) in [5, 5.41) is 11.3. The fourth-order valence-electron chi connectivity index (χ4n) is 7.20. The summed E-state index contributed by atoms with van der Waals surface area (Å²) in [6.07, 6.45) is 3.62. The van der Waals surface area contributed by atoms with Gasteiger partial charge in [0.25, 0.3) is 5.69 Å². The Labute approximate surface area is 259 Å². The zero-order valence-corrected chi connectivity index (χ0v) is 25.7. The van der Waals surface area contributed by atoms with Gasteiger partial charge in [-0.3, -0.25) is 24.7 Å². The van der Waals surface area contributed by atoms with Crippen molar-refractivity contribution in [2.24, 2.45) is 10.9 Å². The molecule has 8 nitrogen and oxygen atoms in total. The van der Waals surface area contributed by atoms with Crippen LogP contribution in [0.2, 0.25) is 0 Å². The summed E-state index contributed by atoms with van der Waals surface area (Å²) in [6, 6.07) is 27.9. The van der Waals surface area contributed by atoms with Crippen molar-refractivity contribution in [2.45, 2.75) is 51.4 Å². The second-order valence-electron chi connectivity index (χ2n) is 11.9. The molecule has 2 unspecified atom stereocenters. The van der Waals surface area contributed by atoms with Gasteiger partial charge in [0.2, 0.25) is 6.41 Å². The van der Waals surface area contributed by atoms with Crippen molar-refractivity contribution in [1.82, 2.24) is 9.80 Å². The van der Waals surface area contributed by atoms with E-state index in [1.807, 2.05) is 13.8 Å². The zero-order chi connectivity index (χ0) is 31.3. The number of non-ortho nitro benzene ring substituents is 1. The van der Waals surface area contributed by atoms with Gasteiger partial charge in [-0.05, 0) is 76.4 Å². The van der Waals surface area contributed by atoms with E-state index >= 15 is 0 Å². The van der Waals surface area contributed by atoms with Crippen LogP contribution in [-0.4, -0.2) is 58.8 Å². The number of benzene rings is 3. The van der Waals surface area contributed by atoms with E-state index in [-0.39, 0.29) is 16.9 Å². The van der Waals surface area contributed by atoms with Crippen molar-refractivity contribution in [3.63, 3.8) is 0 Å². The van der Waals surface area contributed by atoms with Crippen LogP contribution in [0.25, 0.3) is 0 Å². The van der Waals surface area contributed by atoms with Crippen LogP contribution in [0.5, 0.6) is 0 Å². The number of likely N-dealkylation sites (tertiary alicyclic amines) is 1. The van der Waals surface area contributed by atoms with Crippen molar-refractivity contribution in [3.05, 3.63) is 123 Å². The Kier molecular flexibility index (Phi) is 9.49. The molecule has 3 aromatic rings. The molecule has 5 rings (SSSR count). The van der Waals surface area contributed by atoms with Crippen LogP contribution in [0.3, 0.4) is 0 Å².